The number of anilines is 1. The molecular weight excluding hydrogens is 350 g/mol. The second-order valence-electron chi connectivity index (χ2n) is 5.99. The summed E-state index contributed by atoms with van der Waals surface area (Å²) in [5.41, 5.74) is 6.65. The summed E-state index contributed by atoms with van der Waals surface area (Å²) < 4.78 is 0. The number of para-hydroxylation sites is 1. The van der Waals surface area contributed by atoms with Crippen molar-refractivity contribution in [1.29, 1.82) is 0 Å². The summed E-state index contributed by atoms with van der Waals surface area (Å²) in [6.45, 7) is 0. The average molecular weight is 367 g/mol. The van der Waals surface area contributed by atoms with E-state index in [1.165, 1.54) is 6.21 Å². The maximum absolute atomic E-state index is 9.80. The third-order valence-electron chi connectivity index (χ3n) is 4.09. The molecule has 6 nitrogen and oxygen atoms in total. The molecule has 0 aliphatic carbocycles. The number of hydrogen-bond donors (Lipinski definition) is 2. The van der Waals surface area contributed by atoms with Gasteiger partial charge < -0.3 is 5.11 Å². The minimum Gasteiger partial charge on any atom is -0.507 e. The predicted octanol–water partition coefficient (Wildman–Crippen LogP) is 4.36. The molecule has 4 rings (SSSR count). The zero-order chi connectivity index (χ0) is 19.2. The first-order chi connectivity index (χ1) is 13.8. The molecule has 4 aromatic rings. The van der Waals surface area contributed by atoms with Crippen molar-refractivity contribution >= 4 is 12.2 Å². The van der Waals surface area contributed by atoms with E-state index in [4.69, 9.17) is 0 Å². The normalized spacial score (nSPS) is 10.9. The summed E-state index contributed by atoms with van der Waals surface area (Å²) in [7, 11) is 0. The highest BCUT2D eigenvalue weighted by Gasteiger charge is 2.13. The van der Waals surface area contributed by atoms with Crippen LogP contribution in [-0.4, -0.2) is 26.5 Å². The van der Waals surface area contributed by atoms with Gasteiger partial charge in [0.25, 0.3) is 5.95 Å². The molecule has 3 aromatic carbocycles. The lowest BCUT2D eigenvalue weighted by molar-refractivity contribution is 0.474. The molecule has 0 unspecified atom stereocenters. The minimum atomic E-state index is 0.150. The van der Waals surface area contributed by atoms with E-state index in [-0.39, 0.29) is 11.7 Å². The number of aromatic hydroxyl groups is 1. The topological polar surface area (TPSA) is 83.3 Å². The van der Waals surface area contributed by atoms with Crippen LogP contribution in [0, 0.1) is 0 Å². The van der Waals surface area contributed by atoms with Gasteiger partial charge in [-0.1, -0.05) is 72.8 Å². The SMILES string of the molecule is Oc1ccccc1/C=N\Nc1nnc(-c2ccccc2)c(-c2ccccc2)n1. The van der Waals surface area contributed by atoms with Crippen LogP contribution in [0.1, 0.15) is 5.56 Å². The first-order valence-corrected chi connectivity index (χ1v) is 8.74. The maximum atomic E-state index is 9.80. The Hall–Kier alpha value is -4.06. The van der Waals surface area contributed by atoms with Crippen LogP contribution in [0.3, 0.4) is 0 Å². The third kappa shape index (κ3) is 3.86. The standard InChI is InChI=1S/C22H17N5O/c28-19-14-8-7-13-18(19)15-23-26-22-24-20(16-9-3-1-4-10-16)21(25-27-22)17-11-5-2-6-12-17/h1-15,28H,(H,24,26,27)/b23-15-. The van der Waals surface area contributed by atoms with Crippen LogP contribution in [0.5, 0.6) is 5.75 Å². The second kappa shape index (κ2) is 8.09. The van der Waals surface area contributed by atoms with Crippen molar-refractivity contribution in [1.82, 2.24) is 15.2 Å². The number of nitrogens with one attached hydrogen (secondary N) is 1. The number of hydrazone groups is 1. The highest BCUT2D eigenvalue weighted by molar-refractivity contribution is 5.83. The highest BCUT2D eigenvalue weighted by atomic mass is 16.3. The zero-order valence-electron chi connectivity index (χ0n) is 14.9. The number of phenols is 1. The number of benzene rings is 3. The molecule has 0 aliphatic rings. The number of aromatic nitrogens is 3. The summed E-state index contributed by atoms with van der Waals surface area (Å²) in [6, 6.07) is 26.6. The minimum absolute atomic E-state index is 0.150. The molecule has 1 aromatic heterocycles. The van der Waals surface area contributed by atoms with E-state index in [1.54, 1.807) is 18.2 Å². The fourth-order valence-corrected chi connectivity index (χ4v) is 2.72. The summed E-state index contributed by atoms with van der Waals surface area (Å²) in [5, 5.41) is 22.4. The molecule has 0 atom stereocenters. The fraction of sp³-hybridized carbons (Fsp3) is 0. The van der Waals surface area contributed by atoms with Gasteiger partial charge in [0, 0.05) is 16.7 Å². The Labute approximate surface area is 162 Å². The zero-order valence-corrected chi connectivity index (χ0v) is 14.9. The van der Waals surface area contributed by atoms with Gasteiger partial charge in [-0.15, -0.1) is 10.2 Å². The van der Waals surface area contributed by atoms with Crippen molar-refractivity contribution in [3.05, 3.63) is 90.5 Å². The first kappa shape index (κ1) is 17.4. The van der Waals surface area contributed by atoms with Crippen molar-refractivity contribution in [3.63, 3.8) is 0 Å². The van der Waals surface area contributed by atoms with E-state index in [0.29, 0.717) is 17.0 Å². The summed E-state index contributed by atoms with van der Waals surface area (Å²) in [5.74, 6) is 0.418. The number of phenolic OH excluding ortho intramolecular Hbond substituents is 1. The van der Waals surface area contributed by atoms with Crippen molar-refractivity contribution in [2.24, 2.45) is 5.10 Å². The molecule has 0 saturated heterocycles. The smallest absolute Gasteiger partial charge is 0.263 e. The van der Waals surface area contributed by atoms with E-state index >= 15 is 0 Å². The Morgan fingerprint density at radius 3 is 2.00 bits per heavy atom. The van der Waals surface area contributed by atoms with Crippen LogP contribution in [0.25, 0.3) is 22.5 Å². The molecule has 1 heterocycles. The van der Waals surface area contributed by atoms with E-state index in [9.17, 15) is 5.11 Å². The molecule has 28 heavy (non-hydrogen) atoms. The Morgan fingerprint density at radius 2 is 1.32 bits per heavy atom. The van der Waals surface area contributed by atoms with Crippen LogP contribution in [0.15, 0.2) is 90.0 Å². The quantitative estimate of drug-likeness (QED) is 0.404. The molecule has 0 radical (unpaired) electrons. The van der Waals surface area contributed by atoms with Gasteiger partial charge >= 0.3 is 0 Å². The molecule has 136 valence electrons. The highest BCUT2D eigenvalue weighted by Crippen LogP contribution is 2.28. The predicted molar refractivity (Wildman–Crippen MR) is 110 cm³/mol. The van der Waals surface area contributed by atoms with Gasteiger partial charge in [0.2, 0.25) is 0 Å². The van der Waals surface area contributed by atoms with Crippen molar-refractivity contribution < 1.29 is 5.11 Å². The Bertz CT molecular complexity index is 1100. The fourth-order valence-electron chi connectivity index (χ4n) is 2.72. The van der Waals surface area contributed by atoms with Crippen LogP contribution >= 0.6 is 0 Å². The molecular formula is C22H17N5O. The molecule has 0 fully saturated rings. The Balaban J connectivity index is 1.68. The molecule has 0 saturated carbocycles. The summed E-state index contributed by atoms with van der Waals surface area (Å²) in [6.07, 6.45) is 1.51. The average Bonchev–Trinajstić information content (AvgIpc) is 2.76. The molecule has 0 aliphatic heterocycles. The van der Waals surface area contributed by atoms with Gasteiger partial charge in [0.05, 0.1) is 6.21 Å². The molecule has 0 spiro atoms. The lowest BCUT2D eigenvalue weighted by Gasteiger charge is -2.09. The van der Waals surface area contributed by atoms with E-state index < -0.39 is 0 Å². The van der Waals surface area contributed by atoms with E-state index in [0.717, 1.165) is 11.1 Å². The van der Waals surface area contributed by atoms with Gasteiger partial charge in [-0.3, -0.25) is 0 Å². The lowest BCUT2D eigenvalue weighted by atomic mass is 10.0. The van der Waals surface area contributed by atoms with E-state index in [2.05, 4.69) is 25.7 Å². The number of rotatable bonds is 5. The number of hydrogen-bond acceptors (Lipinski definition) is 6. The molecule has 6 heteroatoms. The molecule has 0 bridgehead atoms. The van der Waals surface area contributed by atoms with Gasteiger partial charge in [0.1, 0.15) is 17.1 Å². The monoisotopic (exact) mass is 367 g/mol. The largest absolute Gasteiger partial charge is 0.507 e. The number of nitrogens with zero attached hydrogens (tertiary/aromatic N) is 4. The third-order valence-corrected chi connectivity index (χ3v) is 4.09. The van der Waals surface area contributed by atoms with Crippen LogP contribution in [0.2, 0.25) is 0 Å². The maximum Gasteiger partial charge on any atom is 0.263 e. The summed E-state index contributed by atoms with van der Waals surface area (Å²) >= 11 is 0. The Kier molecular flexibility index (Phi) is 5.02. The van der Waals surface area contributed by atoms with Crippen LogP contribution < -0.4 is 5.43 Å². The lowest BCUT2D eigenvalue weighted by Crippen LogP contribution is -2.03. The Morgan fingerprint density at radius 1 is 0.714 bits per heavy atom. The van der Waals surface area contributed by atoms with Gasteiger partial charge in [-0.2, -0.15) is 5.10 Å². The van der Waals surface area contributed by atoms with Gasteiger partial charge in [0.15, 0.2) is 0 Å². The van der Waals surface area contributed by atoms with Gasteiger partial charge in [-0.25, -0.2) is 10.4 Å². The van der Waals surface area contributed by atoms with Crippen molar-refractivity contribution in [2.45, 2.75) is 0 Å². The van der Waals surface area contributed by atoms with Crippen LogP contribution in [-0.2, 0) is 0 Å². The first-order valence-electron chi connectivity index (χ1n) is 8.74. The molecule has 2 N–H and O–H groups in total. The second-order valence-corrected chi connectivity index (χ2v) is 5.99. The van der Waals surface area contributed by atoms with Gasteiger partial charge in [-0.05, 0) is 12.1 Å². The van der Waals surface area contributed by atoms with Crippen molar-refractivity contribution in [2.75, 3.05) is 5.43 Å². The van der Waals surface area contributed by atoms with E-state index in [1.807, 2.05) is 66.7 Å². The van der Waals surface area contributed by atoms with Crippen LogP contribution in [0.4, 0.5) is 5.95 Å². The summed E-state index contributed by atoms with van der Waals surface area (Å²) in [4.78, 5) is 4.61. The molecule has 0 amide bonds. The van der Waals surface area contributed by atoms with Crippen molar-refractivity contribution in [3.8, 4) is 28.3 Å².